The zero-order chi connectivity index (χ0) is 30.0. The van der Waals surface area contributed by atoms with Gasteiger partial charge in [0, 0.05) is 17.2 Å². The molecule has 0 spiro atoms. The summed E-state index contributed by atoms with van der Waals surface area (Å²) < 4.78 is 38.6. The number of nitro groups is 2. The molecule has 1 N–H and O–H groups in total. The Kier molecular flexibility index (Phi) is 14.7. The zero-order valence-corrected chi connectivity index (χ0v) is 23.0. The highest BCUT2D eigenvalue weighted by atomic mass is 16.6. The minimum absolute atomic E-state index is 0.0141. The number of ether oxygens (including phenoxy) is 7. The van der Waals surface area contributed by atoms with Crippen molar-refractivity contribution in [2.45, 2.75) is 13.2 Å². The van der Waals surface area contributed by atoms with Crippen LogP contribution in [-0.4, -0.2) is 94.2 Å². The quantitative estimate of drug-likeness (QED) is 0.306. The molecular formula is C26H34N4O12. The summed E-state index contributed by atoms with van der Waals surface area (Å²) in [6, 6.07) is 6.09. The molecule has 0 radical (unpaired) electrons. The van der Waals surface area contributed by atoms with Gasteiger partial charge in [0.2, 0.25) is 0 Å². The summed E-state index contributed by atoms with van der Waals surface area (Å²) in [6.07, 6.45) is 0. The summed E-state index contributed by atoms with van der Waals surface area (Å²) in [4.78, 5) is 20.9. The number of phenols is 1. The van der Waals surface area contributed by atoms with Crippen molar-refractivity contribution >= 4 is 22.7 Å². The van der Waals surface area contributed by atoms with E-state index in [2.05, 4.69) is 10.2 Å². The lowest BCUT2D eigenvalue weighted by atomic mass is 10.1. The Morgan fingerprint density at radius 2 is 1.02 bits per heavy atom. The van der Waals surface area contributed by atoms with Crippen molar-refractivity contribution in [2.24, 2.45) is 10.2 Å². The fourth-order valence-corrected chi connectivity index (χ4v) is 3.57. The zero-order valence-electron chi connectivity index (χ0n) is 23.0. The number of rotatable bonds is 4. The Morgan fingerprint density at radius 1 is 0.595 bits per heavy atom. The third-order valence-electron chi connectivity index (χ3n) is 5.64. The predicted octanol–water partition coefficient (Wildman–Crippen LogP) is 3.75. The summed E-state index contributed by atoms with van der Waals surface area (Å²) in [5.74, 6) is -0.0596. The molecule has 0 fully saturated rings. The third-order valence-corrected chi connectivity index (χ3v) is 5.64. The van der Waals surface area contributed by atoms with Crippen LogP contribution in [0.15, 0.2) is 40.6 Å². The van der Waals surface area contributed by atoms with Crippen molar-refractivity contribution in [3.63, 3.8) is 0 Å². The highest BCUT2D eigenvalue weighted by Crippen LogP contribution is 2.34. The number of nitro benzene ring substituents is 2. The molecule has 0 aliphatic carbocycles. The number of azo groups is 1. The van der Waals surface area contributed by atoms with Gasteiger partial charge in [-0.1, -0.05) is 0 Å². The monoisotopic (exact) mass is 594 g/mol. The van der Waals surface area contributed by atoms with Gasteiger partial charge in [0.25, 0.3) is 5.69 Å². The van der Waals surface area contributed by atoms with E-state index in [-0.39, 0.29) is 43.6 Å². The van der Waals surface area contributed by atoms with Gasteiger partial charge in [0.15, 0.2) is 5.69 Å². The molecule has 1 aliphatic heterocycles. The van der Waals surface area contributed by atoms with E-state index in [1.807, 2.05) is 0 Å². The maximum absolute atomic E-state index is 11.4. The van der Waals surface area contributed by atoms with E-state index in [4.69, 9.17) is 33.2 Å². The minimum atomic E-state index is -0.775. The number of phenolic OH excluding ortho intramolecular Hbond substituents is 1. The first-order valence-electron chi connectivity index (χ1n) is 13.2. The van der Waals surface area contributed by atoms with Gasteiger partial charge in [-0.2, -0.15) is 5.11 Å². The predicted molar refractivity (Wildman–Crippen MR) is 145 cm³/mol. The van der Waals surface area contributed by atoms with Gasteiger partial charge in [-0.15, -0.1) is 5.11 Å². The van der Waals surface area contributed by atoms with Crippen molar-refractivity contribution < 1.29 is 48.1 Å². The third kappa shape index (κ3) is 11.7. The topological polar surface area (TPSA) is 196 Å². The molecule has 0 amide bonds. The largest absolute Gasteiger partial charge is 0.507 e. The lowest BCUT2D eigenvalue weighted by Crippen LogP contribution is -2.14. The molecule has 42 heavy (non-hydrogen) atoms. The van der Waals surface area contributed by atoms with Gasteiger partial charge in [-0.3, -0.25) is 20.2 Å². The van der Waals surface area contributed by atoms with Crippen molar-refractivity contribution in [3.8, 4) is 5.75 Å². The highest BCUT2D eigenvalue weighted by Gasteiger charge is 2.19. The highest BCUT2D eigenvalue weighted by molar-refractivity contribution is 5.62. The second-order valence-corrected chi connectivity index (χ2v) is 8.67. The molecule has 1 heterocycles. The van der Waals surface area contributed by atoms with Crippen LogP contribution < -0.4 is 0 Å². The van der Waals surface area contributed by atoms with E-state index < -0.39 is 21.2 Å². The smallest absolute Gasteiger partial charge is 0.303 e. The number of hydrogen-bond donors (Lipinski definition) is 1. The molecule has 2 aromatic rings. The van der Waals surface area contributed by atoms with E-state index in [1.165, 1.54) is 12.1 Å². The number of nitrogens with zero attached hydrogens (tertiary/aromatic N) is 4. The summed E-state index contributed by atoms with van der Waals surface area (Å²) in [5.41, 5.74) is -0.162. The number of aromatic hydroxyl groups is 1. The SMILES string of the molecule is O=[N+]([O-])c1ccc(N=Nc2cc3c(O)c(c2)COCCOCCOCCOCCOCCOCCOC3)c([N+](=O)[O-])c1. The summed E-state index contributed by atoms with van der Waals surface area (Å²) in [6.45, 7) is 4.47. The Balaban J connectivity index is 1.71. The molecule has 0 saturated heterocycles. The van der Waals surface area contributed by atoms with Crippen LogP contribution in [0.5, 0.6) is 5.75 Å². The van der Waals surface area contributed by atoms with Crippen molar-refractivity contribution in [1.29, 1.82) is 0 Å². The van der Waals surface area contributed by atoms with Gasteiger partial charge in [0.1, 0.15) is 5.75 Å². The van der Waals surface area contributed by atoms with Crippen molar-refractivity contribution in [3.05, 3.63) is 61.7 Å². The Labute approximate surface area is 241 Å². The van der Waals surface area contributed by atoms with Gasteiger partial charge in [-0.05, 0) is 18.2 Å². The van der Waals surface area contributed by atoms with Crippen LogP contribution in [0.25, 0.3) is 0 Å². The standard InChI is InChI=1S/C26H34N4O12/c31-26-20-15-22(27-28-24-2-1-23(29(32)33)17-25(24)30(34)35)16-21(26)19-42-14-12-40-10-8-38-6-4-36-3-5-37-7-9-39-11-13-41-18-20/h1-2,15-17,31H,3-14,18-19H2. The molecule has 3 rings (SSSR count). The van der Waals surface area contributed by atoms with Crippen molar-refractivity contribution in [2.75, 3.05) is 79.3 Å². The summed E-state index contributed by atoms with van der Waals surface area (Å²) in [7, 11) is 0. The maximum atomic E-state index is 11.4. The minimum Gasteiger partial charge on any atom is -0.507 e. The lowest BCUT2D eigenvalue weighted by molar-refractivity contribution is -0.393. The van der Waals surface area contributed by atoms with Crippen LogP contribution >= 0.6 is 0 Å². The normalized spacial score (nSPS) is 17.8. The number of non-ortho nitro benzene ring substituents is 1. The summed E-state index contributed by atoms with van der Waals surface area (Å²) >= 11 is 0. The number of benzene rings is 2. The molecule has 230 valence electrons. The van der Waals surface area contributed by atoms with E-state index in [9.17, 15) is 25.3 Å². The average molecular weight is 595 g/mol. The maximum Gasteiger partial charge on any atom is 0.303 e. The van der Waals surface area contributed by atoms with Gasteiger partial charge in [-0.25, -0.2) is 0 Å². The second kappa shape index (κ2) is 18.7. The van der Waals surface area contributed by atoms with Crippen LogP contribution in [0, 0.1) is 20.2 Å². The molecule has 0 atom stereocenters. The van der Waals surface area contributed by atoms with E-state index in [1.54, 1.807) is 0 Å². The first kappa shape index (κ1) is 32.9. The van der Waals surface area contributed by atoms with E-state index in [0.717, 1.165) is 18.2 Å². The molecule has 0 unspecified atom stereocenters. The molecule has 2 bridgehead atoms. The van der Waals surface area contributed by atoms with Crippen molar-refractivity contribution in [1.82, 2.24) is 0 Å². The number of fused-ring (bicyclic) bond motifs is 2. The van der Waals surface area contributed by atoms with E-state index >= 15 is 0 Å². The first-order valence-corrected chi connectivity index (χ1v) is 13.2. The molecule has 0 aromatic heterocycles. The number of hydrogen-bond acceptors (Lipinski definition) is 14. The molecular weight excluding hydrogens is 560 g/mol. The summed E-state index contributed by atoms with van der Waals surface area (Å²) in [5, 5.41) is 41.3. The fraction of sp³-hybridized carbons (Fsp3) is 0.538. The van der Waals surface area contributed by atoms with Gasteiger partial charge < -0.3 is 38.3 Å². The molecule has 16 nitrogen and oxygen atoms in total. The van der Waals surface area contributed by atoms with Gasteiger partial charge >= 0.3 is 5.69 Å². The second-order valence-electron chi connectivity index (χ2n) is 8.67. The van der Waals surface area contributed by atoms with Crippen LogP contribution in [0.4, 0.5) is 22.7 Å². The Hall–Kier alpha value is -3.64. The lowest BCUT2D eigenvalue weighted by Gasteiger charge is -2.13. The molecule has 2 aromatic carbocycles. The van der Waals surface area contributed by atoms with Crippen LogP contribution in [0.1, 0.15) is 11.1 Å². The Bertz CT molecular complexity index is 1140. The first-order chi connectivity index (χ1) is 20.5. The van der Waals surface area contributed by atoms with E-state index in [0.29, 0.717) is 77.2 Å². The molecule has 0 saturated carbocycles. The van der Waals surface area contributed by atoms with Crippen LogP contribution in [0.3, 0.4) is 0 Å². The molecule has 1 aliphatic rings. The molecule has 16 heteroatoms. The van der Waals surface area contributed by atoms with Gasteiger partial charge in [0.05, 0.1) is 114 Å². The van der Waals surface area contributed by atoms with Crippen LogP contribution in [-0.2, 0) is 46.4 Å². The Morgan fingerprint density at radius 3 is 1.43 bits per heavy atom. The van der Waals surface area contributed by atoms with Crippen LogP contribution in [0.2, 0.25) is 0 Å². The fourth-order valence-electron chi connectivity index (χ4n) is 3.57. The average Bonchev–Trinajstić information content (AvgIpc) is 2.97.